The Morgan fingerprint density at radius 1 is 0.833 bits per heavy atom. The number of anilines is 1. The van der Waals surface area contributed by atoms with Crippen molar-refractivity contribution in [3.63, 3.8) is 0 Å². The van der Waals surface area contributed by atoms with E-state index in [-0.39, 0.29) is 23.9 Å². The van der Waals surface area contributed by atoms with E-state index in [0.717, 1.165) is 24.8 Å². The molecular weight excluding hydrogens is 543 g/mol. The summed E-state index contributed by atoms with van der Waals surface area (Å²) in [5.41, 5.74) is 3.32. The minimum absolute atomic E-state index is 0.0445. The van der Waals surface area contributed by atoms with Crippen molar-refractivity contribution in [2.75, 3.05) is 38.1 Å². The van der Waals surface area contributed by atoms with Crippen LogP contribution < -0.4 is 4.90 Å². The molecule has 10 heteroatoms. The molecule has 0 spiro atoms. The molecule has 2 aliphatic heterocycles. The number of hydrogen-bond acceptors (Lipinski definition) is 4. The molecule has 216 valence electrons. The second-order valence-electron chi connectivity index (χ2n) is 10.8. The second kappa shape index (κ2) is 10.8. The maximum atomic E-state index is 14.0. The van der Waals surface area contributed by atoms with Crippen molar-refractivity contribution in [1.82, 2.24) is 19.4 Å². The highest BCUT2D eigenvalue weighted by Gasteiger charge is 2.34. The summed E-state index contributed by atoms with van der Waals surface area (Å²) in [5.74, 6) is -0.346. The van der Waals surface area contributed by atoms with Crippen molar-refractivity contribution in [1.29, 1.82) is 0 Å². The van der Waals surface area contributed by atoms with Gasteiger partial charge in [-0.05, 0) is 73.1 Å². The second-order valence-corrected chi connectivity index (χ2v) is 10.8. The van der Waals surface area contributed by atoms with Crippen LogP contribution in [-0.4, -0.2) is 64.4 Å². The van der Waals surface area contributed by atoms with Gasteiger partial charge in [0, 0.05) is 43.6 Å². The van der Waals surface area contributed by atoms with E-state index in [2.05, 4.69) is 9.88 Å². The predicted molar refractivity (Wildman–Crippen MR) is 153 cm³/mol. The molecule has 7 nitrogen and oxygen atoms in total. The van der Waals surface area contributed by atoms with Crippen LogP contribution in [0, 0.1) is 6.92 Å². The number of likely N-dealkylation sites (N-methyl/N-ethyl adjacent to an activating group) is 1. The van der Waals surface area contributed by atoms with Crippen molar-refractivity contribution in [2.45, 2.75) is 26.2 Å². The molecular formula is C32H30F3N5O2. The van der Waals surface area contributed by atoms with Crippen LogP contribution in [0.1, 0.15) is 43.4 Å². The van der Waals surface area contributed by atoms with Gasteiger partial charge in [-0.1, -0.05) is 24.3 Å². The Labute approximate surface area is 241 Å². The molecule has 0 unspecified atom stereocenters. The van der Waals surface area contributed by atoms with Gasteiger partial charge in [-0.15, -0.1) is 0 Å². The van der Waals surface area contributed by atoms with E-state index < -0.39 is 11.7 Å². The van der Waals surface area contributed by atoms with E-state index in [1.165, 1.54) is 12.1 Å². The largest absolute Gasteiger partial charge is 0.417 e. The van der Waals surface area contributed by atoms with Crippen molar-refractivity contribution >= 4 is 17.5 Å². The van der Waals surface area contributed by atoms with Gasteiger partial charge in [0.25, 0.3) is 11.8 Å². The SMILES string of the molecule is Cc1cc(C(=O)N2Cc3ccc(C(=O)N4CCN(C)CC4)n3Cc3ncccc32)ccc1-c1ccccc1C(F)(F)F. The number of piperazine rings is 1. The van der Waals surface area contributed by atoms with Gasteiger partial charge in [-0.3, -0.25) is 14.6 Å². The number of rotatable bonds is 3. The molecule has 0 bridgehead atoms. The summed E-state index contributed by atoms with van der Waals surface area (Å²) in [6, 6.07) is 17.5. The molecule has 4 aromatic rings. The van der Waals surface area contributed by atoms with E-state index >= 15 is 0 Å². The molecule has 2 amide bonds. The summed E-state index contributed by atoms with van der Waals surface area (Å²) >= 11 is 0. The van der Waals surface area contributed by atoms with E-state index in [4.69, 9.17) is 0 Å². The molecule has 0 radical (unpaired) electrons. The lowest BCUT2D eigenvalue weighted by Gasteiger charge is -2.32. The van der Waals surface area contributed by atoms with Gasteiger partial charge in [0.2, 0.25) is 0 Å². The number of fused-ring (bicyclic) bond motifs is 2. The summed E-state index contributed by atoms with van der Waals surface area (Å²) in [4.78, 5) is 37.7. The molecule has 2 aromatic carbocycles. The Kier molecular flexibility index (Phi) is 7.10. The summed E-state index contributed by atoms with van der Waals surface area (Å²) in [5, 5.41) is 0. The lowest BCUT2D eigenvalue weighted by atomic mass is 9.94. The molecule has 4 heterocycles. The van der Waals surface area contributed by atoms with Crippen LogP contribution in [0.3, 0.4) is 0 Å². The highest BCUT2D eigenvalue weighted by Crippen LogP contribution is 2.38. The van der Waals surface area contributed by atoms with Crippen LogP contribution >= 0.6 is 0 Å². The zero-order chi connectivity index (χ0) is 29.6. The Bertz CT molecular complexity index is 1670. The zero-order valence-electron chi connectivity index (χ0n) is 23.4. The van der Waals surface area contributed by atoms with E-state index in [1.54, 1.807) is 48.4 Å². The van der Waals surface area contributed by atoms with Crippen molar-refractivity contribution in [2.24, 2.45) is 0 Å². The summed E-state index contributed by atoms with van der Waals surface area (Å²) < 4.78 is 43.0. The maximum Gasteiger partial charge on any atom is 0.417 e. The highest BCUT2D eigenvalue weighted by atomic mass is 19.4. The summed E-state index contributed by atoms with van der Waals surface area (Å²) in [7, 11) is 2.04. The quantitative estimate of drug-likeness (QED) is 0.326. The van der Waals surface area contributed by atoms with E-state index in [0.29, 0.717) is 53.4 Å². The zero-order valence-corrected chi connectivity index (χ0v) is 23.4. The molecule has 0 N–H and O–H groups in total. The molecule has 2 aliphatic rings. The first-order valence-corrected chi connectivity index (χ1v) is 13.8. The highest BCUT2D eigenvalue weighted by molar-refractivity contribution is 6.07. The van der Waals surface area contributed by atoms with E-state index in [1.807, 2.05) is 34.7 Å². The van der Waals surface area contributed by atoms with Gasteiger partial charge in [-0.2, -0.15) is 13.2 Å². The molecule has 6 rings (SSSR count). The van der Waals surface area contributed by atoms with Gasteiger partial charge in [-0.25, -0.2) is 0 Å². The normalized spacial score (nSPS) is 15.6. The standard InChI is InChI=1S/C32H30F3N5O2/c1-21-18-22(9-11-24(21)25-6-3-4-7-26(25)32(33,34)35)30(41)40-19-23-10-12-29(31(42)38-16-14-37(2)15-17-38)39(23)20-27-28(40)8-5-13-36-27/h3-13,18H,14-17,19-20H2,1-2H3. The first kappa shape index (κ1) is 27.7. The average molecular weight is 574 g/mol. The number of pyridine rings is 1. The van der Waals surface area contributed by atoms with E-state index in [9.17, 15) is 22.8 Å². The Balaban J connectivity index is 1.33. The molecule has 0 atom stereocenters. The van der Waals surface area contributed by atoms with Crippen molar-refractivity contribution < 1.29 is 22.8 Å². The van der Waals surface area contributed by atoms with Gasteiger partial charge in [0.1, 0.15) is 5.69 Å². The third-order valence-electron chi connectivity index (χ3n) is 8.11. The molecule has 2 aromatic heterocycles. The first-order valence-electron chi connectivity index (χ1n) is 13.8. The summed E-state index contributed by atoms with van der Waals surface area (Å²) in [6.07, 6.45) is -2.84. The van der Waals surface area contributed by atoms with Gasteiger partial charge in [0.05, 0.1) is 30.0 Å². The minimum atomic E-state index is -4.50. The number of aromatic nitrogens is 2. The van der Waals surface area contributed by atoms with Crippen LogP contribution in [0.15, 0.2) is 72.9 Å². The smallest absolute Gasteiger partial charge is 0.335 e. The van der Waals surface area contributed by atoms with Gasteiger partial charge in [0.15, 0.2) is 0 Å². The molecule has 0 saturated carbocycles. The fourth-order valence-corrected chi connectivity index (χ4v) is 5.79. The van der Waals surface area contributed by atoms with Crippen LogP contribution in [0.25, 0.3) is 11.1 Å². The molecule has 0 aliphatic carbocycles. The Hall–Kier alpha value is -4.44. The van der Waals surface area contributed by atoms with Gasteiger partial charge >= 0.3 is 6.18 Å². The Morgan fingerprint density at radius 3 is 2.33 bits per heavy atom. The van der Waals surface area contributed by atoms with Crippen LogP contribution in [0.5, 0.6) is 0 Å². The van der Waals surface area contributed by atoms with Gasteiger partial charge < -0.3 is 19.3 Å². The maximum absolute atomic E-state index is 14.0. The fourth-order valence-electron chi connectivity index (χ4n) is 5.79. The molecule has 1 fully saturated rings. The summed E-state index contributed by atoms with van der Waals surface area (Å²) in [6.45, 7) is 5.18. The number of amides is 2. The topological polar surface area (TPSA) is 61.7 Å². The first-order chi connectivity index (χ1) is 20.1. The van der Waals surface area contributed by atoms with Crippen molar-refractivity contribution in [3.05, 3.63) is 107 Å². The number of benzene rings is 2. The number of carbonyl (C=O) groups excluding carboxylic acids is 2. The Morgan fingerprint density at radius 2 is 1.60 bits per heavy atom. The predicted octanol–water partition coefficient (Wildman–Crippen LogP) is 5.47. The average Bonchev–Trinajstić information content (AvgIpc) is 3.29. The van der Waals surface area contributed by atoms with Crippen molar-refractivity contribution in [3.8, 4) is 11.1 Å². The lowest BCUT2D eigenvalue weighted by molar-refractivity contribution is -0.137. The number of nitrogens with zero attached hydrogens (tertiary/aromatic N) is 5. The number of aryl methyl sites for hydroxylation is 1. The number of alkyl halides is 3. The fraction of sp³-hybridized carbons (Fsp3) is 0.281. The lowest BCUT2D eigenvalue weighted by Crippen LogP contribution is -2.47. The monoisotopic (exact) mass is 573 g/mol. The number of halogens is 3. The number of carbonyl (C=O) groups is 2. The molecule has 1 saturated heterocycles. The third kappa shape index (κ3) is 5.07. The minimum Gasteiger partial charge on any atom is -0.335 e. The van der Waals surface area contributed by atoms with Crippen LogP contribution in [0.2, 0.25) is 0 Å². The third-order valence-corrected chi connectivity index (χ3v) is 8.11. The van der Waals surface area contributed by atoms with Crippen LogP contribution in [-0.2, 0) is 19.3 Å². The van der Waals surface area contributed by atoms with Crippen LogP contribution in [0.4, 0.5) is 18.9 Å². The molecule has 42 heavy (non-hydrogen) atoms. The number of hydrogen-bond donors (Lipinski definition) is 0.